The van der Waals surface area contributed by atoms with E-state index in [-0.39, 0.29) is 36.5 Å². The van der Waals surface area contributed by atoms with Crippen LogP contribution in [0.4, 0.5) is 0 Å². The van der Waals surface area contributed by atoms with Crippen LogP contribution in [0.2, 0.25) is 0 Å². The third kappa shape index (κ3) is 5.08. The Balaban J connectivity index is 1.77. The van der Waals surface area contributed by atoms with Gasteiger partial charge in [0, 0.05) is 19.1 Å². The van der Waals surface area contributed by atoms with E-state index in [9.17, 15) is 35.7 Å². The van der Waals surface area contributed by atoms with Crippen LogP contribution in [-0.4, -0.2) is 100 Å². The normalized spacial score (nSPS) is 31.5. The molecule has 2 aliphatic rings. The summed E-state index contributed by atoms with van der Waals surface area (Å²) in [5.41, 5.74) is 2.23. The number of ether oxygens (including phenoxy) is 4. The average molecular weight is 523 g/mol. The molecule has 204 valence electrons. The molecule has 2 aromatic carbocycles. The van der Waals surface area contributed by atoms with Crippen LogP contribution >= 0.6 is 0 Å². The van der Waals surface area contributed by atoms with Crippen molar-refractivity contribution in [1.29, 1.82) is 0 Å². The second-order valence-electron chi connectivity index (χ2n) is 9.42. The largest absolute Gasteiger partial charge is 0.504 e. The lowest BCUT2D eigenvalue weighted by molar-refractivity contribution is -0.277. The number of hydrogen-bond acceptors (Lipinski definition) is 11. The van der Waals surface area contributed by atoms with Gasteiger partial charge in [-0.2, -0.15) is 0 Å². The molecule has 4 rings (SSSR count). The summed E-state index contributed by atoms with van der Waals surface area (Å²) in [6.45, 7) is -1.01. The first-order valence-corrected chi connectivity index (χ1v) is 12.0. The van der Waals surface area contributed by atoms with E-state index in [0.29, 0.717) is 23.5 Å². The quantitative estimate of drug-likeness (QED) is 0.238. The van der Waals surface area contributed by atoms with Crippen LogP contribution in [0.5, 0.6) is 23.0 Å². The van der Waals surface area contributed by atoms with E-state index >= 15 is 0 Å². The van der Waals surface area contributed by atoms with Crippen LogP contribution < -0.4 is 14.2 Å². The fourth-order valence-electron chi connectivity index (χ4n) is 5.34. The number of rotatable bonds is 8. The minimum absolute atomic E-state index is 0.0623. The van der Waals surface area contributed by atoms with Gasteiger partial charge in [-0.1, -0.05) is 6.07 Å². The molecule has 1 heterocycles. The van der Waals surface area contributed by atoms with E-state index < -0.39 is 43.2 Å². The zero-order valence-electron chi connectivity index (χ0n) is 20.6. The average Bonchev–Trinajstić information content (AvgIpc) is 2.92. The van der Waals surface area contributed by atoms with Crippen molar-refractivity contribution in [3.8, 4) is 23.0 Å². The van der Waals surface area contributed by atoms with Crippen molar-refractivity contribution in [1.82, 2.24) is 0 Å². The molecular formula is C26H34O11. The van der Waals surface area contributed by atoms with E-state index in [2.05, 4.69) is 0 Å². The number of aliphatic hydroxyl groups excluding tert-OH is 6. The van der Waals surface area contributed by atoms with Crippen molar-refractivity contribution >= 4 is 0 Å². The molecular weight excluding hydrogens is 488 g/mol. The van der Waals surface area contributed by atoms with E-state index in [1.807, 2.05) is 6.07 Å². The Hall–Kier alpha value is -2.64. The lowest BCUT2D eigenvalue weighted by Gasteiger charge is -2.40. The number of hydrogen-bond donors (Lipinski definition) is 7. The Morgan fingerprint density at radius 2 is 1.57 bits per heavy atom. The molecule has 11 heteroatoms. The van der Waals surface area contributed by atoms with Crippen LogP contribution in [0.25, 0.3) is 0 Å². The monoisotopic (exact) mass is 522 g/mol. The van der Waals surface area contributed by atoms with Gasteiger partial charge in [0.15, 0.2) is 23.0 Å². The summed E-state index contributed by atoms with van der Waals surface area (Å²) in [5.74, 6) is -0.399. The summed E-state index contributed by atoms with van der Waals surface area (Å²) >= 11 is 0. The maximum Gasteiger partial charge on any atom is 0.229 e. The van der Waals surface area contributed by atoms with Gasteiger partial charge in [-0.05, 0) is 59.2 Å². The van der Waals surface area contributed by atoms with Crippen molar-refractivity contribution in [3.05, 3.63) is 47.0 Å². The van der Waals surface area contributed by atoms with Crippen LogP contribution in [0.3, 0.4) is 0 Å². The molecule has 0 radical (unpaired) electrons. The Morgan fingerprint density at radius 3 is 2.19 bits per heavy atom. The molecule has 0 saturated carbocycles. The minimum atomic E-state index is -1.65. The topological polar surface area (TPSA) is 179 Å². The van der Waals surface area contributed by atoms with Gasteiger partial charge in [-0.3, -0.25) is 0 Å². The Labute approximate surface area is 214 Å². The highest BCUT2D eigenvalue weighted by atomic mass is 16.7. The van der Waals surface area contributed by atoms with Gasteiger partial charge in [0.05, 0.1) is 20.8 Å². The predicted molar refractivity (Wildman–Crippen MR) is 129 cm³/mol. The molecule has 1 aliphatic carbocycles. The number of fused-ring (bicyclic) bond motifs is 1. The fourth-order valence-corrected chi connectivity index (χ4v) is 5.34. The van der Waals surface area contributed by atoms with Gasteiger partial charge in [0.25, 0.3) is 0 Å². The van der Waals surface area contributed by atoms with Gasteiger partial charge in [0.2, 0.25) is 6.29 Å². The molecule has 0 aromatic heterocycles. The fraction of sp³-hybridized carbons (Fsp3) is 0.538. The summed E-state index contributed by atoms with van der Waals surface area (Å²) < 4.78 is 22.0. The highest BCUT2D eigenvalue weighted by molar-refractivity contribution is 5.54. The predicted octanol–water partition coefficient (Wildman–Crippen LogP) is -0.507. The van der Waals surface area contributed by atoms with Crippen molar-refractivity contribution < 1.29 is 54.7 Å². The van der Waals surface area contributed by atoms with Crippen molar-refractivity contribution in [2.75, 3.05) is 34.0 Å². The molecule has 1 fully saturated rings. The lowest BCUT2D eigenvalue weighted by atomic mass is 9.67. The summed E-state index contributed by atoms with van der Waals surface area (Å²) in [5, 5.41) is 71.1. The van der Waals surface area contributed by atoms with Crippen LogP contribution in [0.1, 0.15) is 22.6 Å². The molecule has 1 aliphatic heterocycles. The van der Waals surface area contributed by atoms with Crippen molar-refractivity contribution in [2.45, 2.75) is 43.0 Å². The lowest BCUT2D eigenvalue weighted by Crippen LogP contribution is -2.60. The molecule has 37 heavy (non-hydrogen) atoms. The maximum atomic E-state index is 10.7. The molecule has 0 amide bonds. The standard InChI is InChI=1S/C26H34O11/c1-34-18-4-3-12(7-20(18)35-2)22-15-8-19(17(30)6-13(15)5-14(9-27)16(22)10-28)36-26-25(33)24(32)23(31)21(11-29)37-26/h3-4,6-8,14,16,21-33H,5,9-11H2,1-2H3/t14-,16-,21-,22-,23-,24+,25-,26-/m1/s1. The highest BCUT2D eigenvalue weighted by Gasteiger charge is 2.45. The second kappa shape index (κ2) is 11.4. The highest BCUT2D eigenvalue weighted by Crippen LogP contribution is 2.48. The minimum Gasteiger partial charge on any atom is -0.504 e. The third-order valence-electron chi connectivity index (χ3n) is 7.38. The van der Waals surface area contributed by atoms with E-state index in [1.165, 1.54) is 20.3 Å². The third-order valence-corrected chi connectivity index (χ3v) is 7.38. The Bertz CT molecular complexity index is 1070. The molecule has 7 N–H and O–H groups in total. The van der Waals surface area contributed by atoms with Gasteiger partial charge < -0.3 is 54.7 Å². The number of benzene rings is 2. The molecule has 0 spiro atoms. The van der Waals surface area contributed by atoms with Crippen LogP contribution in [-0.2, 0) is 11.2 Å². The van der Waals surface area contributed by atoms with Crippen LogP contribution in [0.15, 0.2) is 30.3 Å². The number of aromatic hydroxyl groups is 1. The molecule has 0 bridgehead atoms. The SMILES string of the molecule is COc1ccc([C@@H]2c3cc(O[C@@H]4O[C@H](CO)[C@@H](O)[C@H](O)[C@H]4O)c(O)cc3C[C@H](CO)[C@H]2CO)cc1OC. The van der Waals surface area contributed by atoms with Crippen molar-refractivity contribution in [3.63, 3.8) is 0 Å². The number of phenolic OH excluding ortho intramolecular Hbond substituents is 1. The maximum absolute atomic E-state index is 10.7. The summed E-state index contributed by atoms with van der Waals surface area (Å²) in [6, 6.07) is 8.45. The smallest absolute Gasteiger partial charge is 0.229 e. The number of phenols is 1. The van der Waals surface area contributed by atoms with Gasteiger partial charge >= 0.3 is 0 Å². The Morgan fingerprint density at radius 1 is 0.838 bits per heavy atom. The van der Waals surface area contributed by atoms with E-state index in [0.717, 1.165) is 11.1 Å². The van der Waals surface area contributed by atoms with Gasteiger partial charge in [-0.25, -0.2) is 0 Å². The zero-order chi connectivity index (χ0) is 26.9. The molecule has 11 nitrogen and oxygen atoms in total. The first-order chi connectivity index (χ1) is 17.8. The summed E-state index contributed by atoms with van der Waals surface area (Å²) in [4.78, 5) is 0. The van der Waals surface area contributed by atoms with Gasteiger partial charge in [0.1, 0.15) is 24.4 Å². The second-order valence-corrected chi connectivity index (χ2v) is 9.42. The molecule has 0 unspecified atom stereocenters. The van der Waals surface area contributed by atoms with Crippen molar-refractivity contribution in [2.24, 2.45) is 11.8 Å². The van der Waals surface area contributed by atoms with E-state index in [1.54, 1.807) is 18.2 Å². The van der Waals surface area contributed by atoms with Crippen LogP contribution in [0, 0.1) is 11.8 Å². The molecule has 1 saturated heterocycles. The molecule has 2 aromatic rings. The zero-order valence-corrected chi connectivity index (χ0v) is 20.6. The van der Waals surface area contributed by atoms with E-state index in [4.69, 9.17) is 18.9 Å². The number of methoxy groups -OCH3 is 2. The number of aliphatic hydroxyl groups is 6. The first-order valence-electron chi connectivity index (χ1n) is 12.0. The molecule has 8 atom stereocenters. The van der Waals surface area contributed by atoms with Gasteiger partial charge in [-0.15, -0.1) is 0 Å². The first kappa shape index (κ1) is 27.4. The summed E-state index contributed by atoms with van der Waals surface area (Å²) in [6.07, 6.45) is -7.10. The summed E-state index contributed by atoms with van der Waals surface area (Å²) in [7, 11) is 3.04. The Kier molecular flexibility index (Phi) is 8.44.